The quantitative estimate of drug-likeness (QED) is 0.348. The second-order valence-electron chi connectivity index (χ2n) is 11.1. The van der Waals surface area contributed by atoms with Crippen molar-refractivity contribution in [3.05, 3.63) is 106 Å². The first-order valence-corrected chi connectivity index (χ1v) is 14.2. The second-order valence-corrected chi connectivity index (χ2v) is 11.1. The Hall–Kier alpha value is -3.92. The van der Waals surface area contributed by atoms with Crippen molar-refractivity contribution < 1.29 is 14.2 Å². The van der Waals surface area contributed by atoms with Gasteiger partial charge in [-0.15, -0.1) is 0 Å². The number of methoxy groups -OCH3 is 2. The molecule has 1 saturated carbocycles. The Morgan fingerprint density at radius 1 is 0.795 bits per heavy atom. The summed E-state index contributed by atoms with van der Waals surface area (Å²) in [7, 11) is 3.43. The van der Waals surface area contributed by atoms with Gasteiger partial charge in [-0.3, -0.25) is 4.90 Å². The summed E-state index contributed by atoms with van der Waals surface area (Å²) < 4.78 is 18.0. The number of para-hydroxylation sites is 2. The van der Waals surface area contributed by atoms with Crippen LogP contribution in [-0.4, -0.2) is 19.9 Å². The van der Waals surface area contributed by atoms with Crippen LogP contribution in [0.1, 0.15) is 56.1 Å². The summed E-state index contributed by atoms with van der Waals surface area (Å²) in [4.78, 5) is 2.61. The predicted molar refractivity (Wildman–Crippen MR) is 157 cm³/mol. The highest BCUT2D eigenvalue weighted by Gasteiger charge is 2.59. The molecule has 1 spiro atoms. The first-order chi connectivity index (χ1) is 19.2. The van der Waals surface area contributed by atoms with E-state index in [1.165, 1.54) is 52.9 Å². The van der Waals surface area contributed by atoms with Crippen molar-refractivity contribution >= 4 is 17.8 Å². The molecule has 39 heavy (non-hydrogen) atoms. The van der Waals surface area contributed by atoms with E-state index in [1.807, 2.05) is 24.3 Å². The molecule has 4 nitrogen and oxygen atoms in total. The van der Waals surface area contributed by atoms with Crippen LogP contribution in [0.2, 0.25) is 0 Å². The maximum absolute atomic E-state index is 7.17. The number of allylic oxidation sites excluding steroid dienone is 2. The highest BCUT2D eigenvalue weighted by molar-refractivity contribution is 5.78. The standard InChI is InChI=1S/C35H35NO3/c1-37-30-17-13-24(14-18-30)21-26-7-5-8-27-23-29-10-6-9-28(22-25-15-19-31(38-2)20-16-25)35(29)36(34(26)27)32-11-3-4-12-33(32)39-35/h3-4,11-22,29H,5-10,23H2,1-2H3/b26-21-,28-22-/t29-,35+/m1/s1. The van der Waals surface area contributed by atoms with Crippen molar-refractivity contribution in [2.75, 3.05) is 19.1 Å². The number of fused-ring (bicyclic) bond motifs is 3. The molecule has 198 valence electrons. The minimum atomic E-state index is -0.489. The zero-order chi connectivity index (χ0) is 26.4. The Bertz CT molecular complexity index is 1480. The van der Waals surface area contributed by atoms with Gasteiger partial charge in [0.15, 0.2) is 0 Å². The minimum Gasteiger partial charge on any atom is -0.497 e. The maximum atomic E-state index is 7.17. The fourth-order valence-electron chi connectivity index (χ4n) is 7.17. The van der Waals surface area contributed by atoms with Gasteiger partial charge in [-0.2, -0.15) is 0 Å². The topological polar surface area (TPSA) is 30.9 Å². The van der Waals surface area contributed by atoms with Crippen LogP contribution in [0.5, 0.6) is 17.2 Å². The van der Waals surface area contributed by atoms with Crippen molar-refractivity contribution in [3.8, 4) is 17.2 Å². The van der Waals surface area contributed by atoms with Crippen LogP contribution in [0.4, 0.5) is 5.69 Å². The molecule has 2 heterocycles. The highest BCUT2D eigenvalue weighted by atomic mass is 16.5. The van der Waals surface area contributed by atoms with Gasteiger partial charge in [-0.05, 0) is 121 Å². The maximum Gasteiger partial charge on any atom is 0.213 e. The first-order valence-electron chi connectivity index (χ1n) is 14.2. The van der Waals surface area contributed by atoms with Gasteiger partial charge in [0.1, 0.15) is 17.2 Å². The van der Waals surface area contributed by atoms with E-state index in [1.54, 1.807) is 19.8 Å². The molecular weight excluding hydrogens is 482 g/mol. The molecule has 3 aromatic rings. The smallest absolute Gasteiger partial charge is 0.213 e. The van der Waals surface area contributed by atoms with E-state index in [9.17, 15) is 0 Å². The van der Waals surface area contributed by atoms with Gasteiger partial charge in [0.05, 0.1) is 19.9 Å². The largest absolute Gasteiger partial charge is 0.497 e. The van der Waals surface area contributed by atoms with E-state index in [4.69, 9.17) is 14.2 Å². The first kappa shape index (κ1) is 24.1. The molecule has 2 aliphatic carbocycles. The molecule has 0 radical (unpaired) electrons. The molecule has 7 rings (SSSR count). The van der Waals surface area contributed by atoms with Gasteiger partial charge in [0.25, 0.3) is 0 Å². The number of hydrogen-bond donors (Lipinski definition) is 0. The summed E-state index contributed by atoms with van der Waals surface area (Å²) >= 11 is 0. The lowest BCUT2D eigenvalue weighted by molar-refractivity contribution is 0.0353. The molecule has 2 atom stereocenters. The zero-order valence-corrected chi connectivity index (χ0v) is 22.8. The molecule has 1 fully saturated rings. The van der Waals surface area contributed by atoms with Crippen LogP contribution in [0.3, 0.4) is 0 Å². The summed E-state index contributed by atoms with van der Waals surface area (Å²) in [6.07, 6.45) is 12.7. The lowest BCUT2D eigenvalue weighted by Crippen LogP contribution is -2.60. The van der Waals surface area contributed by atoms with Gasteiger partial charge in [-0.1, -0.05) is 36.4 Å². The van der Waals surface area contributed by atoms with E-state index in [0.29, 0.717) is 5.92 Å². The van der Waals surface area contributed by atoms with Crippen molar-refractivity contribution in [3.63, 3.8) is 0 Å². The van der Waals surface area contributed by atoms with Gasteiger partial charge < -0.3 is 14.2 Å². The molecule has 0 aromatic heterocycles. The number of benzene rings is 3. The van der Waals surface area contributed by atoms with Crippen molar-refractivity contribution in [1.82, 2.24) is 0 Å². The molecule has 0 bridgehead atoms. The number of rotatable bonds is 4. The third-order valence-electron chi connectivity index (χ3n) is 8.91. The average Bonchev–Trinajstić information content (AvgIpc) is 3.33. The molecule has 2 aliphatic heterocycles. The Kier molecular flexibility index (Phi) is 5.99. The summed E-state index contributed by atoms with van der Waals surface area (Å²) in [6.45, 7) is 0. The van der Waals surface area contributed by atoms with E-state index >= 15 is 0 Å². The Balaban J connectivity index is 1.39. The fourth-order valence-corrected chi connectivity index (χ4v) is 7.17. The zero-order valence-electron chi connectivity index (χ0n) is 22.8. The number of ether oxygens (including phenoxy) is 3. The summed E-state index contributed by atoms with van der Waals surface area (Å²) in [6, 6.07) is 25.5. The van der Waals surface area contributed by atoms with Gasteiger partial charge in [0.2, 0.25) is 5.72 Å². The van der Waals surface area contributed by atoms with E-state index in [2.05, 4.69) is 65.6 Å². The molecule has 4 aliphatic rings. The third-order valence-corrected chi connectivity index (χ3v) is 8.91. The second kappa shape index (κ2) is 9.68. The summed E-state index contributed by atoms with van der Waals surface area (Å²) in [5.74, 6) is 3.18. The number of anilines is 1. The van der Waals surface area contributed by atoms with Crippen LogP contribution in [0.25, 0.3) is 12.2 Å². The number of nitrogens with zero attached hydrogens (tertiary/aromatic N) is 1. The Morgan fingerprint density at radius 2 is 1.49 bits per heavy atom. The van der Waals surface area contributed by atoms with Gasteiger partial charge >= 0.3 is 0 Å². The van der Waals surface area contributed by atoms with E-state index in [-0.39, 0.29) is 0 Å². The van der Waals surface area contributed by atoms with Crippen LogP contribution in [-0.2, 0) is 0 Å². The van der Waals surface area contributed by atoms with E-state index < -0.39 is 5.72 Å². The third kappa shape index (κ3) is 3.96. The monoisotopic (exact) mass is 517 g/mol. The molecular formula is C35H35NO3. The van der Waals surface area contributed by atoms with Crippen molar-refractivity contribution in [2.45, 2.75) is 50.7 Å². The van der Waals surface area contributed by atoms with Gasteiger partial charge in [-0.25, -0.2) is 0 Å². The van der Waals surface area contributed by atoms with Crippen molar-refractivity contribution in [1.29, 1.82) is 0 Å². The van der Waals surface area contributed by atoms with Crippen LogP contribution in [0, 0.1) is 5.92 Å². The average molecular weight is 518 g/mol. The highest BCUT2D eigenvalue weighted by Crippen LogP contribution is 2.61. The van der Waals surface area contributed by atoms with Crippen molar-refractivity contribution in [2.24, 2.45) is 5.92 Å². The molecule has 3 aromatic carbocycles. The Morgan fingerprint density at radius 3 is 2.21 bits per heavy atom. The molecule has 0 amide bonds. The van der Waals surface area contributed by atoms with Crippen LogP contribution >= 0.6 is 0 Å². The molecule has 0 unspecified atom stereocenters. The SMILES string of the molecule is COc1ccc(/C=C2/CCCC3=C2N2c4ccccc4O[C@]24/C(=C\c2ccc(OC)cc2)CCC[C@@H]4C3)cc1. The van der Waals surface area contributed by atoms with Crippen LogP contribution < -0.4 is 19.1 Å². The fraction of sp³-hybridized carbons (Fsp3) is 0.314. The number of hydrogen-bond acceptors (Lipinski definition) is 4. The lowest BCUT2D eigenvalue weighted by Gasteiger charge is -2.53. The Labute approximate surface area is 231 Å². The molecule has 0 N–H and O–H groups in total. The summed E-state index contributed by atoms with van der Waals surface area (Å²) in [5.41, 5.74) is 8.87. The predicted octanol–water partition coefficient (Wildman–Crippen LogP) is 8.41. The lowest BCUT2D eigenvalue weighted by atomic mass is 9.68. The normalized spacial score (nSPS) is 25.5. The van der Waals surface area contributed by atoms with Gasteiger partial charge in [0, 0.05) is 11.6 Å². The molecule has 4 heteroatoms. The van der Waals surface area contributed by atoms with E-state index in [0.717, 1.165) is 42.9 Å². The molecule has 0 saturated heterocycles. The summed E-state index contributed by atoms with van der Waals surface area (Å²) in [5, 5.41) is 0. The van der Waals surface area contributed by atoms with Crippen LogP contribution in [0.15, 0.2) is 95.2 Å². The minimum absolute atomic E-state index is 0.419.